The van der Waals surface area contributed by atoms with Crippen LogP contribution in [0.4, 0.5) is 0 Å². The predicted molar refractivity (Wildman–Crippen MR) is 198 cm³/mol. The van der Waals surface area contributed by atoms with Gasteiger partial charge in [0.25, 0.3) is 0 Å². The lowest BCUT2D eigenvalue weighted by Gasteiger charge is -2.45. The molecule has 3 atom stereocenters. The average Bonchev–Trinajstić information content (AvgIpc) is 3.14. The van der Waals surface area contributed by atoms with Crippen molar-refractivity contribution in [2.45, 2.75) is 76.2 Å². The van der Waals surface area contributed by atoms with E-state index in [1.807, 2.05) is 71.6 Å². The number of benzene rings is 3. The van der Waals surface area contributed by atoms with Crippen LogP contribution in [0.3, 0.4) is 0 Å². The highest BCUT2D eigenvalue weighted by Gasteiger charge is 2.37. The van der Waals surface area contributed by atoms with Crippen LogP contribution in [0.2, 0.25) is 5.02 Å². The fourth-order valence-corrected chi connectivity index (χ4v) is 8.79. The first-order valence-corrected chi connectivity index (χ1v) is 20.2. The van der Waals surface area contributed by atoms with Crippen LogP contribution in [0.15, 0.2) is 78.9 Å². The van der Waals surface area contributed by atoms with E-state index in [0.29, 0.717) is 69.6 Å². The molecule has 2 heterocycles. The standard InChI is InChI=1S/C39H50ClN5O4S/c1-50(48,49)45(27-30-10-4-2-5-11-30)28-37(31-12-6-3-7-13-31)43-20-22-44(23-21-43)39(47)36(24-29-16-18-34(40)19-17-29)42-38(46)35-25-32-14-8-9-15-33(32)26-41-35/h2,4-5,8-11,14-19,31,35-37,41H,3,6-7,12-13,20-28H2,1H3,(H,42,46). The number of carbonyl (C=O) groups excluding carboxylic acids is 2. The lowest BCUT2D eigenvalue weighted by molar-refractivity contribution is -0.138. The quantitative estimate of drug-likeness (QED) is 0.283. The molecule has 0 spiro atoms. The zero-order valence-corrected chi connectivity index (χ0v) is 30.5. The highest BCUT2D eigenvalue weighted by Crippen LogP contribution is 2.31. The van der Waals surface area contributed by atoms with Gasteiger partial charge in [-0.2, -0.15) is 4.31 Å². The van der Waals surface area contributed by atoms with Gasteiger partial charge < -0.3 is 15.5 Å². The third kappa shape index (κ3) is 9.53. The van der Waals surface area contributed by atoms with Crippen molar-refractivity contribution in [3.05, 3.63) is 106 Å². The Bertz CT molecular complexity index is 1690. The van der Waals surface area contributed by atoms with Crippen LogP contribution in [-0.4, -0.2) is 91.4 Å². The molecule has 0 radical (unpaired) electrons. The maximum absolute atomic E-state index is 14.2. The SMILES string of the molecule is CS(=O)(=O)N(Cc1ccccc1)CC(C1CCCCC1)N1CCN(C(=O)C(Cc2ccc(Cl)cc2)NC(=O)C2Cc3ccccc3CN2)CC1. The van der Waals surface area contributed by atoms with Gasteiger partial charge in [0, 0.05) is 63.3 Å². The molecule has 6 rings (SSSR count). The minimum absolute atomic E-state index is 0.0656. The topological polar surface area (TPSA) is 102 Å². The first kappa shape index (κ1) is 36.5. The maximum atomic E-state index is 14.2. The van der Waals surface area contributed by atoms with Crippen LogP contribution in [-0.2, 0) is 45.5 Å². The summed E-state index contributed by atoms with van der Waals surface area (Å²) in [5.74, 6) is 0.124. The molecule has 1 aliphatic carbocycles. The van der Waals surface area contributed by atoms with Crippen molar-refractivity contribution in [1.29, 1.82) is 0 Å². The van der Waals surface area contributed by atoms with Crippen molar-refractivity contribution < 1.29 is 18.0 Å². The maximum Gasteiger partial charge on any atom is 0.245 e. The third-order valence-corrected chi connectivity index (χ3v) is 12.2. The number of rotatable bonds is 12. The van der Waals surface area contributed by atoms with Crippen molar-refractivity contribution in [2.24, 2.45) is 5.92 Å². The van der Waals surface area contributed by atoms with Gasteiger partial charge in [-0.1, -0.05) is 97.6 Å². The first-order valence-electron chi connectivity index (χ1n) is 18.0. The van der Waals surface area contributed by atoms with E-state index >= 15 is 0 Å². The van der Waals surface area contributed by atoms with E-state index in [1.165, 1.54) is 18.2 Å². The normalized spacial score (nSPS) is 20.2. The summed E-state index contributed by atoms with van der Waals surface area (Å²) in [7, 11) is -3.45. The van der Waals surface area contributed by atoms with E-state index in [-0.39, 0.29) is 17.9 Å². The van der Waals surface area contributed by atoms with Gasteiger partial charge in [0.2, 0.25) is 21.8 Å². The van der Waals surface area contributed by atoms with Crippen LogP contribution in [0.5, 0.6) is 0 Å². The molecule has 0 bridgehead atoms. The number of halogens is 1. The lowest BCUT2D eigenvalue weighted by atomic mass is 9.83. The highest BCUT2D eigenvalue weighted by atomic mass is 35.5. The molecule has 11 heteroatoms. The van der Waals surface area contributed by atoms with Crippen LogP contribution in [0.1, 0.15) is 54.4 Å². The van der Waals surface area contributed by atoms with E-state index in [2.05, 4.69) is 27.7 Å². The summed E-state index contributed by atoms with van der Waals surface area (Å²) >= 11 is 6.16. The molecule has 1 saturated carbocycles. The molecule has 268 valence electrons. The van der Waals surface area contributed by atoms with Crippen molar-refractivity contribution in [3.8, 4) is 0 Å². The Balaban J connectivity index is 1.15. The number of nitrogens with zero attached hydrogens (tertiary/aromatic N) is 3. The van der Waals surface area contributed by atoms with E-state index < -0.39 is 22.1 Å². The summed E-state index contributed by atoms with van der Waals surface area (Å²) < 4.78 is 27.8. The number of piperazine rings is 1. The second-order valence-electron chi connectivity index (χ2n) is 14.2. The van der Waals surface area contributed by atoms with Gasteiger partial charge in [-0.3, -0.25) is 14.5 Å². The summed E-state index contributed by atoms with van der Waals surface area (Å²) in [6, 6.07) is 24.2. The van der Waals surface area contributed by atoms with Crippen LogP contribution in [0.25, 0.3) is 0 Å². The zero-order valence-electron chi connectivity index (χ0n) is 29.0. The van der Waals surface area contributed by atoms with Gasteiger partial charge in [0.1, 0.15) is 6.04 Å². The summed E-state index contributed by atoms with van der Waals surface area (Å²) in [4.78, 5) is 32.2. The largest absolute Gasteiger partial charge is 0.343 e. The molecule has 3 unspecified atom stereocenters. The number of hydrogen-bond donors (Lipinski definition) is 2. The third-order valence-electron chi connectivity index (χ3n) is 10.7. The predicted octanol–water partition coefficient (Wildman–Crippen LogP) is 4.64. The molecule has 3 aliphatic rings. The first-order chi connectivity index (χ1) is 24.1. The molecule has 0 aromatic heterocycles. The monoisotopic (exact) mass is 719 g/mol. The second kappa shape index (κ2) is 16.8. The molecular formula is C39H50ClN5O4S. The van der Waals surface area contributed by atoms with Crippen molar-refractivity contribution in [1.82, 2.24) is 24.7 Å². The second-order valence-corrected chi connectivity index (χ2v) is 16.6. The number of nitrogens with one attached hydrogen (secondary N) is 2. The Morgan fingerprint density at radius 2 is 1.54 bits per heavy atom. The Labute approximate surface area is 302 Å². The van der Waals surface area contributed by atoms with Gasteiger partial charge in [-0.25, -0.2) is 8.42 Å². The summed E-state index contributed by atoms with van der Waals surface area (Å²) in [5, 5.41) is 7.09. The Morgan fingerprint density at radius 3 is 2.22 bits per heavy atom. The fourth-order valence-electron chi connectivity index (χ4n) is 7.86. The summed E-state index contributed by atoms with van der Waals surface area (Å²) in [6.45, 7) is 3.71. The molecule has 2 N–H and O–H groups in total. The van der Waals surface area contributed by atoms with Crippen molar-refractivity contribution in [3.63, 3.8) is 0 Å². The zero-order chi connectivity index (χ0) is 35.1. The highest BCUT2D eigenvalue weighted by molar-refractivity contribution is 7.88. The molecule has 50 heavy (non-hydrogen) atoms. The smallest absolute Gasteiger partial charge is 0.245 e. The molecule has 1 saturated heterocycles. The fraction of sp³-hybridized carbons (Fsp3) is 0.487. The Hall–Kier alpha value is -3.28. The minimum atomic E-state index is -3.45. The van der Waals surface area contributed by atoms with E-state index in [1.54, 1.807) is 4.31 Å². The molecular weight excluding hydrogens is 670 g/mol. The summed E-state index contributed by atoms with van der Waals surface area (Å²) in [6.07, 6.45) is 7.94. The lowest BCUT2D eigenvalue weighted by Crippen LogP contribution is -2.60. The number of sulfonamides is 1. The molecule has 2 aliphatic heterocycles. The molecule has 9 nitrogen and oxygen atoms in total. The minimum Gasteiger partial charge on any atom is -0.343 e. The van der Waals surface area contributed by atoms with Crippen LogP contribution < -0.4 is 10.6 Å². The number of carbonyl (C=O) groups is 2. The molecule has 2 fully saturated rings. The van der Waals surface area contributed by atoms with Gasteiger partial charge in [-0.05, 0) is 59.6 Å². The Kier molecular flexibility index (Phi) is 12.3. The van der Waals surface area contributed by atoms with E-state index in [9.17, 15) is 18.0 Å². The van der Waals surface area contributed by atoms with Gasteiger partial charge in [-0.15, -0.1) is 0 Å². The van der Waals surface area contributed by atoms with Crippen molar-refractivity contribution >= 4 is 33.4 Å². The average molecular weight is 720 g/mol. The van der Waals surface area contributed by atoms with Crippen molar-refractivity contribution in [2.75, 3.05) is 39.0 Å². The molecule has 2 amide bonds. The van der Waals surface area contributed by atoms with Crippen LogP contribution in [0, 0.1) is 5.92 Å². The molecule has 3 aromatic carbocycles. The van der Waals surface area contributed by atoms with Gasteiger partial charge in [0.05, 0.1) is 12.3 Å². The van der Waals surface area contributed by atoms with Crippen LogP contribution >= 0.6 is 11.6 Å². The Morgan fingerprint density at radius 1 is 0.880 bits per heavy atom. The summed E-state index contributed by atoms with van der Waals surface area (Å²) in [5.41, 5.74) is 4.23. The van der Waals surface area contributed by atoms with E-state index in [4.69, 9.17) is 11.6 Å². The number of hydrogen-bond acceptors (Lipinski definition) is 6. The number of amides is 2. The van der Waals surface area contributed by atoms with Gasteiger partial charge in [0.15, 0.2) is 0 Å². The van der Waals surface area contributed by atoms with Gasteiger partial charge >= 0.3 is 0 Å². The number of fused-ring (bicyclic) bond motifs is 1. The molecule has 3 aromatic rings. The van der Waals surface area contributed by atoms with E-state index in [0.717, 1.165) is 42.4 Å².